The van der Waals surface area contributed by atoms with Gasteiger partial charge in [0.2, 0.25) is 10.0 Å². The first-order chi connectivity index (χ1) is 7.55. The molecule has 0 aromatic rings. The van der Waals surface area contributed by atoms with E-state index in [9.17, 15) is 13.5 Å². The lowest BCUT2D eigenvalue weighted by Gasteiger charge is -2.18. The second kappa shape index (κ2) is 6.57. The number of unbranched alkanes of at least 4 members (excludes halogenated alkanes) is 1. The molecular formula is C11H23NO3S. The average Bonchev–Trinajstić information content (AvgIpc) is 2.77. The predicted molar refractivity (Wildman–Crippen MR) is 64.7 cm³/mol. The topological polar surface area (TPSA) is 66.4 Å². The van der Waals surface area contributed by atoms with Crippen LogP contribution in [0.25, 0.3) is 0 Å². The molecule has 0 aliphatic heterocycles. The Morgan fingerprint density at radius 1 is 1.38 bits per heavy atom. The van der Waals surface area contributed by atoms with E-state index in [2.05, 4.69) is 4.72 Å². The maximum absolute atomic E-state index is 11.5. The fourth-order valence-electron chi connectivity index (χ4n) is 2.13. The van der Waals surface area contributed by atoms with Gasteiger partial charge in [-0.15, -0.1) is 0 Å². The van der Waals surface area contributed by atoms with Crippen LogP contribution >= 0.6 is 0 Å². The third kappa shape index (κ3) is 4.80. The van der Waals surface area contributed by atoms with Gasteiger partial charge in [0.05, 0.1) is 11.9 Å². The molecule has 5 heteroatoms. The van der Waals surface area contributed by atoms with Crippen LogP contribution in [0.5, 0.6) is 0 Å². The Labute approximate surface area is 98.5 Å². The first kappa shape index (κ1) is 13.9. The Hall–Kier alpha value is -0.130. The summed E-state index contributed by atoms with van der Waals surface area (Å²) in [4.78, 5) is 0. The van der Waals surface area contributed by atoms with Crippen LogP contribution in [-0.4, -0.2) is 31.9 Å². The average molecular weight is 249 g/mol. The van der Waals surface area contributed by atoms with Gasteiger partial charge in [-0.1, -0.05) is 26.2 Å². The van der Waals surface area contributed by atoms with Gasteiger partial charge < -0.3 is 5.11 Å². The molecule has 0 aromatic heterocycles. The van der Waals surface area contributed by atoms with Crippen molar-refractivity contribution >= 4 is 10.0 Å². The van der Waals surface area contributed by atoms with Crippen LogP contribution < -0.4 is 4.72 Å². The Bertz CT molecular complexity index is 284. The fourth-order valence-corrected chi connectivity index (χ4v) is 3.37. The van der Waals surface area contributed by atoms with Gasteiger partial charge in [-0.05, 0) is 25.2 Å². The molecule has 0 amide bonds. The molecule has 1 fully saturated rings. The molecule has 0 spiro atoms. The summed E-state index contributed by atoms with van der Waals surface area (Å²) in [6.45, 7) is 2.14. The summed E-state index contributed by atoms with van der Waals surface area (Å²) in [6.07, 6.45) is 5.39. The number of rotatable bonds is 7. The van der Waals surface area contributed by atoms with Crippen LogP contribution in [0.3, 0.4) is 0 Å². The van der Waals surface area contributed by atoms with Crippen molar-refractivity contribution < 1.29 is 13.5 Å². The van der Waals surface area contributed by atoms with Crippen LogP contribution in [0.1, 0.15) is 45.4 Å². The van der Waals surface area contributed by atoms with Crippen molar-refractivity contribution in [2.24, 2.45) is 5.92 Å². The first-order valence-electron chi connectivity index (χ1n) is 6.20. The van der Waals surface area contributed by atoms with E-state index < -0.39 is 16.1 Å². The van der Waals surface area contributed by atoms with Gasteiger partial charge in [-0.25, -0.2) is 13.1 Å². The van der Waals surface area contributed by atoms with Crippen molar-refractivity contribution in [2.75, 3.05) is 12.3 Å². The maximum Gasteiger partial charge on any atom is 0.211 e. The van der Waals surface area contributed by atoms with Gasteiger partial charge >= 0.3 is 0 Å². The zero-order valence-corrected chi connectivity index (χ0v) is 10.8. The van der Waals surface area contributed by atoms with E-state index in [4.69, 9.17) is 0 Å². The normalized spacial score (nSPS) is 20.1. The molecule has 0 radical (unpaired) electrons. The molecule has 0 saturated heterocycles. The molecule has 1 saturated carbocycles. The molecule has 1 aliphatic carbocycles. The van der Waals surface area contributed by atoms with Crippen molar-refractivity contribution in [2.45, 2.75) is 51.6 Å². The molecule has 0 unspecified atom stereocenters. The second-order valence-electron chi connectivity index (χ2n) is 4.63. The highest BCUT2D eigenvalue weighted by atomic mass is 32.2. The van der Waals surface area contributed by atoms with E-state index in [0.29, 0.717) is 6.42 Å². The molecular weight excluding hydrogens is 226 g/mol. The summed E-state index contributed by atoms with van der Waals surface area (Å²) in [5.74, 6) is 0.454. The van der Waals surface area contributed by atoms with Crippen LogP contribution in [0.15, 0.2) is 0 Å². The summed E-state index contributed by atoms with van der Waals surface area (Å²) < 4.78 is 25.5. The van der Waals surface area contributed by atoms with Crippen LogP contribution in [0.2, 0.25) is 0 Å². The summed E-state index contributed by atoms with van der Waals surface area (Å²) in [5.41, 5.74) is 0. The largest absolute Gasteiger partial charge is 0.391 e. The van der Waals surface area contributed by atoms with E-state index >= 15 is 0 Å². The van der Waals surface area contributed by atoms with E-state index in [1.165, 1.54) is 0 Å². The zero-order valence-electron chi connectivity index (χ0n) is 9.98. The number of aliphatic hydroxyl groups is 1. The molecule has 16 heavy (non-hydrogen) atoms. The number of aliphatic hydroxyl groups excluding tert-OH is 1. The summed E-state index contributed by atoms with van der Waals surface area (Å²) in [7, 11) is -3.18. The molecule has 0 aromatic carbocycles. The van der Waals surface area contributed by atoms with Crippen LogP contribution in [0.4, 0.5) is 0 Å². The van der Waals surface area contributed by atoms with E-state index in [-0.39, 0.29) is 18.2 Å². The van der Waals surface area contributed by atoms with Crippen LogP contribution in [-0.2, 0) is 10.0 Å². The molecule has 96 valence electrons. The highest BCUT2D eigenvalue weighted by molar-refractivity contribution is 7.89. The van der Waals surface area contributed by atoms with Crippen molar-refractivity contribution in [3.63, 3.8) is 0 Å². The number of hydrogen-bond donors (Lipinski definition) is 2. The molecule has 1 aliphatic rings. The summed E-state index contributed by atoms with van der Waals surface area (Å²) in [6, 6.07) is 0. The molecule has 1 rings (SSSR count). The minimum atomic E-state index is -3.18. The van der Waals surface area contributed by atoms with Crippen molar-refractivity contribution in [3.05, 3.63) is 0 Å². The Morgan fingerprint density at radius 2 is 2.00 bits per heavy atom. The molecule has 4 nitrogen and oxygen atoms in total. The highest BCUT2D eigenvalue weighted by Gasteiger charge is 2.24. The molecule has 0 bridgehead atoms. The number of hydrogen-bond acceptors (Lipinski definition) is 3. The second-order valence-corrected chi connectivity index (χ2v) is 6.56. The standard InChI is InChI=1S/C11H23NO3S/c1-2-3-8-16(14,15)12-9-11(13)10-6-4-5-7-10/h10-13H,2-9H2,1H3/t11-/m0/s1. The number of sulfonamides is 1. The molecule has 0 heterocycles. The van der Waals surface area contributed by atoms with Gasteiger partial charge in [-0.2, -0.15) is 0 Å². The minimum absolute atomic E-state index is 0.168. The highest BCUT2D eigenvalue weighted by Crippen LogP contribution is 2.27. The van der Waals surface area contributed by atoms with Crippen molar-refractivity contribution in [1.82, 2.24) is 4.72 Å². The summed E-state index contributed by atoms with van der Waals surface area (Å²) in [5, 5.41) is 9.81. The monoisotopic (exact) mass is 249 g/mol. The lowest BCUT2D eigenvalue weighted by Crippen LogP contribution is -2.36. The van der Waals surface area contributed by atoms with E-state index in [1.807, 2.05) is 6.92 Å². The molecule has 2 N–H and O–H groups in total. The Balaban J connectivity index is 2.27. The number of nitrogens with one attached hydrogen (secondary N) is 1. The van der Waals surface area contributed by atoms with E-state index in [0.717, 1.165) is 32.1 Å². The zero-order chi connectivity index (χ0) is 12.0. The minimum Gasteiger partial charge on any atom is -0.391 e. The lowest BCUT2D eigenvalue weighted by atomic mass is 10.0. The van der Waals surface area contributed by atoms with Crippen molar-refractivity contribution in [1.29, 1.82) is 0 Å². The Morgan fingerprint density at radius 3 is 2.56 bits per heavy atom. The lowest BCUT2D eigenvalue weighted by molar-refractivity contribution is 0.115. The van der Waals surface area contributed by atoms with Crippen molar-refractivity contribution in [3.8, 4) is 0 Å². The van der Waals surface area contributed by atoms with Gasteiger partial charge in [0, 0.05) is 6.54 Å². The predicted octanol–water partition coefficient (Wildman–Crippen LogP) is 1.26. The quantitative estimate of drug-likeness (QED) is 0.714. The maximum atomic E-state index is 11.5. The molecule has 1 atom stereocenters. The van der Waals surface area contributed by atoms with Gasteiger partial charge in [0.15, 0.2) is 0 Å². The third-order valence-corrected chi connectivity index (χ3v) is 4.66. The fraction of sp³-hybridized carbons (Fsp3) is 1.00. The SMILES string of the molecule is CCCCS(=O)(=O)NC[C@H](O)C1CCCC1. The Kier molecular flexibility index (Phi) is 5.72. The van der Waals surface area contributed by atoms with Crippen LogP contribution in [0, 0.1) is 5.92 Å². The van der Waals surface area contributed by atoms with Gasteiger partial charge in [0.25, 0.3) is 0 Å². The van der Waals surface area contributed by atoms with Gasteiger partial charge in [-0.3, -0.25) is 0 Å². The summed E-state index contributed by atoms with van der Waals surface area (Å²) >= 11 is 0. The van der Waals surface area contributed by atoms with Gasteiger partial charge in [0.1, 0.15) is 0 Å². The van der Waals surface area contributed by atoms with E-state index in [1.54, 1.807) is 0 Å². The third-order valence-electron chi connectivity index (χ3n) is 3.22. The smallest absolute Gasteiger partial charge is 0.211 e. The first-order valence-corrected chi connectivity index (χ1v) is 7.86.